The fourth-order valence-electron chi connectivity index (χ4n) is 1.60. The highest BCUT2D eigenvalue weighted by Crippen LogP contribution is 2.26. The van der Waals surface area contributed by atoms with Crippen molar-refractivity contribution in [3.05, 3.63) is 28.2 Å². The fourth-order valence-corrected chi connectivity index (χ4v) is 2.12. The van der Waals surface area contributed by atoms with Gasteiger partial charge in [-0.2, -0.15) is 0 Å². The fraction of sp³-hybridized carbons (Fsp3) is 0.455. The Kier molecular flexibility index (Phi) is 4.57. The van der Waals surface area contributed by atoms with Crippen molar-refractivity contribution in [3.63, 3.8) is 0 Å². The molecule has 15 heavy (non-hydrogen) atoms. The SMILES string of the molecule is CC(O)CN(C)c1cccc(Br)c1CN. The molecule has 1 aromatic rings. The predicted molar refractivity (Wildman–Crippen MR) is 67.0 cm³/mol. The van der Waals surface area contributed by atoms with Gasteiger partial charge in [0.1, 0.15) is 0 Å². The van der Waals surface area contributed by atoms with Gasteiger partial charge in [0.2, 0.25) is 0 Å². The average Bonchev–Trinajstić information content (AvgIpc) is 2.16. The molecule has 3 N–H and O–H groups in total. The number of aliphatic hydroxyl groups is 1. The largest absolute Gasteiger partial charge is 0.392 e. The molecule has 0 saturated heterocycles. The summed E-state index contributed by atoms with van der Waals surface area (Å²) in [5.74, 6) is 0. The summed E-state index contributed by atoms with van der Waals surface area (Å²) in [5, 5.41) is 9.33. The van der Waals surface area contributed by atoms with Crippen molar-refractivity contribution in [1.29, 1.82) is 0 Å². The molecule has 0 radical (unpaired) electrons. The summed E-state index contributed by atoms with van der Waals surface area (Å²) < 4.78 is 1.01. The summed E-state index contributed by atoms with van der Waals surface area (Å²) in [6, 6.07) is 5.95. The van der Waals surface area contributed by atoms with Gasteiger partial charge < -0.3 is 15.7 Å². The summed E-state index contributed by atoms with van der Waals surface area (Å²) in [6.45, 7) is 2.86. The molecule has 0 spiro atoms. The maximum absolute atomic E-state index is 9.33. The third kappa shape index (κ3) is 3.19. The van der Waals surface area contributed by atoms with Gasteiger partial charge in [-0.15, -0.1) is 0 Å². The summed E-state index contributed by atoms with van der Waals surface area (Å²) in [5.41, 5.74) is 7.83. The number of anilines is 1. The second kappa shape index (κ2) is 5.49. The number of aliphatic hydroxyl groups excluding tert-OH is 1. The van der Waals surface area contributed by atoms with Crippen LogP contribution in [0.4, 0.5) is 5.69 Å². The molecule has 0 heterocycles. The molecule has 0 saturated carbocycles. The van der Waals surface area contributed by atoms with Gasteiger partial charge in [-0.3, -0.25) is 0 Å². The highest BCUT2D eigenvalue weighted by Gasteiger charge is 2.10. The van der Waals surface area contributed by atoms with Gasteiger partial charge >= 0.3 is 0 Å². The van der Waals surface area contributed by atoms with Gasteiger partial charge in [-0.25, -0.2) is 0 Å². The van der Waals surface area contributed by atoms with Gasteiger partial charge in [-0.1, -0.05) is 22.0 Å². The van der Waals surface area contributed by atoms with Gasteiger partial charge in [0.05, 0.1) is 6.10 Å². The predicted octanol–water partition coefficient (Wildman–Crippen LogP) is 1.72. The second-order valence-corrected chi connectivity index (χ2v) is 4.53. The molecule has 1 unspecified atom stereocenters. The Morgan fingerprint density at radius 3 is 2.73 bits per heavy atom. The van der Waals surface area contributed by atoms with Crippen LogP contribution in [0.5, 0.6) is 0 Å². The topological polar surface area (TPSA) is 49.5 Å². The number of nitrogens with two attached hydrogens (primary N) is 1. The Bertz CT molecular complexity index is 328. The first-order valence-electron chi connectivity index (χ1n) is 4.93. The van der Waals surface area contributed by atoms with Crippen molar-refractivity contribution in [2.45, 2.75) is 19.6 Å². The molecule has 84 valence electrons. The van der Waals surface area contributed by atoms with Crippen molar-refractivity contribution in [2.75, 3.05) is 18.5 Å². The number of nitrogens with zero attached hydrogens (tertiary/aromatic N) is 1. The molecule has 0 aromatic heterocycles. The summed E-state index contributed by atoms with van der Waals surface area (Å²) >= 11 is 3.47. The van der Waals surface area contributed by atoms with Crippen LogP contribution >= 0.6 is 15.9 Å². The summed E-state index contributed by atoms with van der Waals surface area (Å²) in [7, 11) is 1.95. The number of likely N-dealkylation sites (N-methyl/N-ethyl adjacent to an activating group) is 1. The van der Waals surface area contributed by atoms with Crippen LogP contribution in [-0.4, -0.2) is 24.8 Å². The maximum atomic E-state index is 9.33. The zero-order valence-electron chi connectivity index (χ0n) is 9.07. The third-order valence-electron chi connectivity index (χ3n) is 2.25. The molecule has 1 atom stereocenters. The Morgan fingerprint density at radius 1 is 1.53 bits per heavy atom. The molecule has 1 aromatic carbocycles. The molecule has 1 rings (SSSR count). The first-order valence-corrected chi connectivity index (χ1v) is 5.72. The Hall–Kier alpha value is -0.580. The van der Waals surface area contributed by atoms with Crippen LogP contribution in [0.3, 0.4) is 0 Å². The van der Waals surface area contributed by atoms with Crippen LogP contribution in [0.15, 0.2) is 22.7 Å². The van der Waals surface area contributed by atoms with Crippen molar-refractivity contribution in [3.8, 4) is 0 Å². The molecule has 0 aliphatic rings. The number of halogens is 1. The van der Waals surface area contributed by atoms with Crippen LogP contribution in [0.1, 0.15) is 12.5 Å². The lowest BCUT2D eigenvalue weighted by atomic mass is 10.1. The monoisotopic (exact) mass is 272 g/mol. The molecule has 0 aliphatic heterocycles. The average molecular weight is 273 g/mol. The van der Waals surface area contributed by atoms with Gasteiger partial charge in [0, 0.05) is 35.9 Å². The van der Waals surface area contributed by atoms with Crippen molar-refractivity contribution < 1.29 is 5.11 Å². The smallest absolute Gasteiger partial charge is 0.0686 e. The first-order chi connectivity index (χ1) is 7.06. The van der Waals surface area contributed by atoms with E-state index in [2.05, 4.69) is 15.9 Å². The molecule has 0 amide bonds. The van der Waals surface area contributed by atoms with E-state index in [1.807, 2.05) is 30.1 Å². The first kappa shape index (κ1) is 12.5. The highest BCUT2D eigenvalue weighted by atomic mass is 79.9. The second-order valence-electron chi connectivity index (χ2n) is 3.67. The van der Waals surface area contributed by atoms with Crippen molar-refractivity contribution in [2.24, 2.45) is 5.73 Å². The molecule has 0 bridgehead atoms. The maximum Gasteiger partial charge on any atom is 0.0686 e. The number of rotatable bonds is 4. The minimum Gasteiger partial charge on any atom is -0.392 e. The zero-order chi connectivity index (χ0) is 11.4. The van der Waals surface area contributed by atoms with E-state index in [-0.39, 0.29) is 6.10 Å². The van der Waals surface area contributed by atoms with E-state index in [1.165, 1.54) is 0 Å². The molecule has 4 heteroatoms. The Morgan fingerprint density at radius 2 is 2.20 bits per heavy atom. The molecular weight excluding hydrogens is 256 g/mol. The van der Waals surface area contributed by atoms with E-state index in [0.29, 0.717) is 13.1 Å². The quantitative estimate of drug-likeness (QED) is 0.878. The normalized spacial score (nSPS) is 12.6. The minimum absolute atomic E-state index is 0.348. The van der Waals surface area contributed by atoms with E-state index in [4.69, 9.17) is 5.73 Å². The summed E-state index contributed by atoms with van der Waals surface area (Å²) in [4.78, 5) is 2.01. The van der Waals surface area contributed by atoms with Gasteiger partial charge in [-0.05, 0) is 19.1 Å². The van der Waals surface area contributed by atoms with Crippen LogP contribution in [0.25, 0.3) is 0 Å². The standard InChI is InChI=1S/C11H17BrN2O/c1-8(15)7-14(2)11-5-3-4-10(12)9(11)6-13/h3-5,8,15H,6-7,13H2,1-2H3. The van der Waals surface area contributed by atoms with Gasteiger partial charge in [0.15, 0.2) is 0 Å². The van der Waals surface area contributed by atoms with Crippen LogP contribution in [0, 0.1) is 0 Å². The number of benzene rings is 1. The van der Waals surface area contributed by atoms with Crippen LogP contribution in [-0.2, 0) is 6.54 Å². The van der Waals surface area contributed by atoms with Crippen molar-refractivity contribution in [1.82, 2.24) is 0 Å². The lowest BCUT2D eigenvalue weighted by molar-refractivity contribution is 0.201. The molecule has 3 nitrogen and oxygen atoms in total. The Labute approximate surface area is 99.0 Å². The van der Waals surface area contributed by atoms with E-state index < -0.39 is 0 Å². The van der Waals surface area contributed by atoms with Crippen LogP contribution < -0.4 is 10.6 Å². The third-order valence-corrected chi connectivity index (χ3v) is 2.99. The molecule has 0 aliphatic carbocycles. The molecule has 0 fully saturated rings. The van der Waals surface area contributed by atoms with Crippen molar-refractivity contribution >= 4 is 21.6 Å². The van der Waals surface area contributed by atoms with E-state index in [1.54, 1.807) is 6.92 Å². The Balaban J connectivity index is 2.97. The number of hydrogen-bond donors (Lipinski definition) is 2. The molecular formula is C11H17BrN2O. The lowest BCUT2D eigenvalue weighted by Crippen LogP contribution is -2.28. The van der Waals surface area contributed by atoms with E-state index in [9.17, 15) is 5.11 Å². The zero-order valence-corrected chi connectivity index (χ0v) is 10.7. The van der Waals surface area contributed by atoms with Gasteiger partial charge in [0.25, 0.3) is 0 Å². The van der Waals surface area contributed by atoms with E-state index >= 15 is 0 Å². The van der Waals surface area contributed by atoms with Crippen LogP contribution in [0.2, 0.25) is 0 Å². The minimum atomic E-state index is -0.348. The highest BCUT2D eigenvalue weighted by molar-refractivity contribution is 9.10. The lowest BCUT2D eigenvalue weighted by Gasteiger charge is -2.24. The summed E-state index contributed by atoms with van der Waals surface area (Å²) in [6.07, 6.45) is -0.348. The van der Waals surface area contributed by atoms with E-state index in [0.717, 1.165) is 15.7 Å². The number of hydrogen-bond acceptors (Lipinski definition) is 3.